The third kappa shape index (κ3) is 14.4. The smallest absolute Gasteiger partial charge is 0.407 e. The van der Waals surface area contributed by atoms with Crippen molar-refractivity contribution < 1.29 is 55.1 Å². The van der Waals surface area contributed by atoms with E-state index in [4.69, 9.17) is 26.1 Å². The summed E-state index contributed by atoms with van der Waals surface area (Å²) >= 11 is 1.96. The molecule has 2 unspecified atom stereocenters. The Hall–Kier alpha value is -4.96. The first-order valence-electron chi connectivity index (χ1n) is 18.9. The van der Waals surface area contributed by atoms with E-state index in [1.54, 1.807) is 45.0 Å². The van der Waals surface area contributed by atoms with Gasteiger partial charge < -0.3 is 60.6 Å². The van der Waals surface area contributed by atoms with Crippen molar-refractivity contribution in [2.45, 2.75) is 82.1 Å². The van der Waals surface area contributed by atoms with Crippen LogP contribution in [0.5, 0.6) is 0 Å². The van der Waals surface area contributed by atoms with E-state index >= 15 is 0 Å². The molecule has 2 aromatic heterocycles. The number of halogens is 1. The largest absolute Gasteiger partial charge is 0.459 e. The Balaban J connectivity index is 0.000000408. The minimum absolute atomic E-state index is 0.00318. The molecule has 4 heterocycles. The van der Waals surface area contributed by atoms with Crippen molar-refractivity contribution in [2.24, 2.45) is 5.73 Å². The maximum atomic E-state index is 13.0. The molecule has 0 aliphatic carbocycles. The van der Waals surface area contributed by atoms with Gasteiger partial charge in [-0.1, -0.05) is 52.9 Å². The lowest BCUT2D eigenvalue weighted by molar-refractivity contribution is -0.145. The maximum absolute atomic E-state index is 13.0. The minimum atomic E-state index is -1.54. The molecule has 0 spiro atoms. The molecule has 332 valence electrons. The highest BCUT2D eigenvalue weighted by atomic mass is 127. The van der Waals surface area contributed by atoms with Gasteiger partial charge in [0, 0.05) is 52.1 Å². The molecule has 1 aromatic carbocycles. The number of aromatic nitrogens is 4. The number of nitrogens with two attached hydrogens (primary N) is 1. The minimum Gasteiger partial charge on any atom is -0.459 e. The standard InChI is InChI=1S/C26H35N5O10.C9H13N3O5.CH3I/c1-26(2,3)41-25(38)27-10-12-30(14-19(33)39-15-16-7-5-4-6-8-16)23(36)28-13-17-20(34)21(35)22(40-17)31-11-9-18(32)29-24(31)37;10-3-4-6(14)7(15)8(17-4)12-2-1-5(13)11-9(12)16;1-2/h4-9,11,17,20-22,34-35H,10,12-15H2,1-3H3,(H,27,38)(H,28,36)(H,29,32,37);1-2,4,6-8,14-15H,3,10H2,(H,11,13,16);1H3/t17-,20+,21?,22-;4-,6+,7?,8-;/m11./s1/i;;1D. The van der Waals surface area contributed by atoms with Crippen LogP contribution in [-0.2, 0) is 30.3 Å². The molecule has 3 aromatic rings. The van der Waals surface area contributed by atoms with Crippen LogP contribution in [0.2, 0.25) is 0 Å². The first-order chi connectivity index (χ1) is 28.8. The number of nitrogens with one attached hydrogen (secondary N) is 4. The van der Waals surface area contributed by atoms with Gasteiger partial charge in [-0.2, -0.15) is 0 Å². The molecule has 0 radical (unpaired) electrons. The summed E-state index contributed by atoms with van der Waals surface area (Å²) in [4.78, 5) is 88.9. The van der Waals surface area contributed by atoms with E-state index in [2.05, 4.69) is 10.6 Å². The topological polar surface area (TPSA) is 332 Å². The second kappa shape index (κ2) is 23.1. The van der Waals surface area contributed by atoms with E-state index in [1.165, 1.54) is 6.20 Å². The van der Waals surface area contributed by atoms with Gasteiger partial charge in [0.1, 0.15) is 55.4 Å². The van der Waals surface area contributed by atoms with E-state index < -0.39 is 102 Å². The molecule has 0 saturated carbocycles. The van der Waals surface area contributed by atoms with Gasteiger partial charge in [0.25, 0.3) is 11.1 Å². The van der Waals surface area contributed by atoms with Crippen LogP contribution in [0.15, 0.2) is 74.0 Å². The fourth-order valence-corrected chi connectivity index (χ4v) is 5.64. The van der Waals surface area contributed by atoms with Crippen LogP contribution >= 0.6 is 22.6 Å². The van der Waals surface area contributed by atoms with Gasteiger partial charge in [-0.3, -0.25) is 33.5 Å². The molecular weight excluding hydrogens is 911 g/mol. The lowest BCUT2D eigenvalue weighted by atomic mass is 10.1. The molecule has 60 heavy (non-hydrogen) atoms. The lowest BCUT2D eigenvalue weighted by Crippen LogP contribution is -2.49. The first-order valence-corrected chi connectivity index (χ1v) is 19.7. The number of hydrogen-bond donors (Lipinski definition) is 9. The molecule has 5 rings (SSSR count). The van der Waals surface area contributed by atoms with Crippen LogP contribution in [-0.4, -0.2) is 142 Å². The van der Waals surface area contributed by atoms with Crippen LogP contribution in [0.4, 0.5) is 9.59 Å². The summed E-state index contributed by atoms with van der Waals surface area (Å²) in [5.74, 6) is -0.702. The zero-order valence-corrected chi connectivity index (χ0v) is 35.0. The highest BCUT2D eigenvalue weighted by Gasteiger charge is 2.45. The Morgan fingerprint density at radius 3 is 1.87 bits per heavy atom. The zero-order chi connectivity index (χ0) is 45.4. The SMILES string of the molecule is CC(C)(C)OC(=O)NCCN(CC(=O)OCc1ccccc1)C(=O)NC[C@H]1O[C@@H](n2ccc(=O)[nH]c2=O)C(O)[C@H]1O.NC[C@H]1O[C@@H](n2ccc(=O)[nH]c2=O)C(O)[C@H]1O.[2H]CI. The molecule has 23 nitrogen and oxygen atoms in total. The Morgan fingerprint density at radius 2 is 1.38 bits per heavy atom. The quantitative estimate of drug-likeness (QED) is 0.0519. The van der Waals surface area contributed by atoms with E-state index in [1.807, 2.05) is 38.6 Å². The normalized spacial score (nSPS) is 23.4. The molecule has 2 fully saturated rings. The summed E-state index contributed by atoms with van der Waals surface area (Å²) in [5, 5.41) is 45.2. The van der Waals surface area contributed by atoms with Crippen LogP contribution < -0.4 is 38.9 Å². The Kier molecular flexibility index (Phi) is 18.4. The summed E-state index contributed by atoms with van der Waals surface area (Å²) < 4.78 is 29.4. The third-order valence-electron chi connectivity index (χ3n) is 8.51. The van der Waals surface area contributed by atoms with E-state index in [0.717, 1.165) is 37.9 Å². The molecule has 24 heteroatoms. The number of urea groups is 1. The Bertz CT molecular complexity index is 2110. The molecule has 3 amide bonds. The number of benzene rings is 1. The average molecular weight is 964 g/mol. The number of rotatable bonds is 12. The summed E-state index contributed by atoms with van der Waals surface area (Å²) in [6, 6.07) is 10.4. The second-order valence-corrected chi connectivity index (χ2v) is 14.0. The number of H-pyrrole nitrogens is 2. The van der Waals surface area contributed by atoms with Crippen LogP contribution in [0.25, 0.3) is 0 Å². The number of esters is 1. The predicted molar refractivity (Wildman–Crippen MR) is 219 cm³/mol. The van der Waals surface area contributed by atoms with Gasteiger partial charge >= 0.3 is 29.5 Å². The van der Waals surface area contributed by atoms with Crippen molar-refractivity contribution in [3.8, 4) is 0 Å². The Labute approximate surface area is 357 Å². The summed E-state index contributed by atoms with van der Waals surface area (Å²) in [7, 11) is 0. The molecule has 2 saturated heterocycles. The van der Waals surface area contributed by atoms with E-state index in [0.29, 0.717) is 4.91 Å². The molecule has 0 bridgehead atoms. The number of aliphatic hydroxyl groups excluding tert-OH is 4. The van der Waals surface area contributed by atoms with Gasteiger partial charge in [-0.15, -0.1) is 0 Å². The number of alkyl carbamates (subject to hydrolysis) is 1. The summed E-state index contributed by atoms with van der Waals surface area (Å²) in [5.41, 5.74) is 2.61. The summed E-state index contributed by atoms with van der Waals surface area (Å²) in [6.07, 6.45) is -8.11. The van der Waals surface area contributed by atoms with Gasteiger partial charge in [0.2, 0.25) is 0 Å². The fraction of sp³-hybridized carbons (Fsp3) is 0.528. The second-order valence-electron chi connectivity index (χ2n) is 14.0. The number of ether oxygens (including phenoxy) is 4. The van der Waals surface area contributed by atoms with E-state index in [-0.39, 0.29) is 32.8 Å². The van der Waals surface area contributed by atoms with Crippen molar-refractivity contribution in [1.82, 2.24) is 34.6 Å². The van der Waals surface area contributed by atoms with Crippen molar-refractivity contribution in [1.29, 1.82) is 0 Å². The lowest BCUT2D eigenvalue weighted by Gasteiger charge is -2.24. The number of aromatic amines is 2. The number of amides is 3. The first kappa shape index (κ1) is 47.7. The number of carbonyl (C=O) groups excluding carboxylic acids is 3. The maximum Gasteiger partial charge on any atom is 0.407 e. The monoisotopic (exact) mass is 963 g/mol. The number of nitrogens with zero attached hydrogens (tertiary/aromatic N) is 3. The zero-order valence-electron chi connectivity index (χ0n) is 33.8. The molecule has 8 atom stereocenters. The molecule has 2 aliphatic rings. The highest BCUT2D eigenvalue weighted by Crippen LogP contribution is 2.28. The number of hydrogen-bond acceptors (Lipinski definition) is 16. The number of alkyl halides is 1. The fourth-order valence-electron chi connectivity index (χ4n) is 5.64. The Morgan fingerprint density at radius 1 is 0.867 bits per heavy atom. The van der Waals surface area contributed by atoms with Crippen molar-refractivity contribution in [2.75, 3.05) is 37.6 Å². The van der Waals surface area contributed by atoms with Crippen LogP contribution in [0.3, 0.4) is 0 Å². The van der Waals surface area contributed by atoms with Crippen LogP contribution in [0, 0.1) is 0 Å². The summed E-state index contributed by atoms with van der Waals surface area (Å²) in [6.45, 7) is 4.20. The molecule has 2 aliphatic heterocycles. The van der Waals surface area contributed by atoms with Gasteiger partial charge in [0.15, 0.2) is 12.5 Å². The van der Waals surface area contributed by atoms with Crippen molar-refractivity contribution in [3.05, 3.63) is 102 Å². The van der Waals surface area contributed by atoms with Crippen LogP contribution in [0.1, 0.15) is 40.2 Å². The van der Waals surface area contributed by atoms with Gasteiger partial charge in [-0.25, -0.2) is 19.2 Å². The van der Waals surface area contributed by atoms with Gasteiger partial charge in [-0.05, 0) is 31.2 Å². The molecular formula is C36H51IN8O15. The van der Waals surface area contributed by atoms with Crippen molar-refractivity contribution in [3.63, 3.8) is 0 Å². The predicted octanol–water partition coefficient (Wildman–Crippen LogP) is -2.40. The van der Waals surface area contributed by atoms with Crippen molar-refractivity contribution >= 4 is 40.7 Å². The highest BCUT2D eigenvalue weighted by molar-refractivity contribution is 14.1. The molecule has 10 N–H and O–H groups in total. The number of carbonyl (C=O) groups is 3. The third-order valence-corrected chi connectivity index (χ3v) is 8.51. The van der Waals surface area contributed by atoms with Gasteiger partial charge in [0.05, 0.1) is 0 Å². The number of aliphatic hydroxyl groups is 4. The average Bonchev–Trinajstić information content (AvgIpc) is 3.64. The van der Waals surface area contributed by atoms with E-state index in [9.17, 15) is 54.0 Å².